The Bertz CT molecular complexity index is 1960. The van der Waals surface area contributed by atoms with Crippen molar-refractivity contribution in [2.24, 2.45) is 5.92 Å². The number of halogens is 2. The number of benzene rings is 3. The second-order valence-electron chi connectivity index (χ2n) is 10.6. The molecule has 0 bridgehead atoms. The van der Waals surface area contributed by atoms with Crippen LogP contribution in [0.2, 0.25) is 0 Å². The lowest BCUT2D eigenvalue weighted by molar-refractivity contribution is -0.110. The lowest BCUT2D eigenvalue weighted by atomic mass is 10.1. The fraction of sp³-hybridized carbons (Fsp3) is 0.267. The van der Waals surface area contributed by atoms with Crippen molar-refractivity contribution in [2.45, 2.75) is 19.0 Å². The van der Waals surface area contributed by atoms with Gasteiger partial charge in [0.15, 0.2) is 11.6 Å². The molecule has 2 atom stereocenters. The third kappa shape index (κ3) is 5.59. The minimum atomic E-state index is -4.21. The van der Waals surface area contributed by atoms with Gasteiger partial charge in [0.25, 0.3) is 5.56 Å². The van der Waals surface area contributed by atoms with E-state index in [1.54, 1.807) is 18.2 Å². The predicted molar refractivity (Wildman–Crippen MR) is 159 cm³/mol. The molecule has 44 heavy (non-hydrogen) atoms. The van der Waals surface area contributed by atoms with Gasteiger partial charge in [-0.15, -0.1) is 0 Å². The Hall–Kier alpha value is -4.87. The minimum Gasteiger partial charge on any atom is -0.453 e. The van der Waals surface area contributed by atoms with Crippen molar-refractivity contribution in [3.8, 4) is 23.3 Å². The maximum atomic E-state index is 14.9. The fourth-order valence-corrected chi connectivity index (χ4v) is 6.67. The molecule has 14 heteroatoms. The zero-order valence-corrected chi connectivity index (χ0v) is 24.0. The van der Waals surface area contributed by atoms with Crippen molar-refractivity contribution < 1.29 is 26.7 Å². The number of nitrogens with one attached hydrogen (secondary N) is 1. The summed E-state index contributed by atoms with van der Waals surface area (Å²) in [5.74, 6) is -1.46. The molecule has 226 valence electrons. The van der Waals surface area contributed by atoms with E-state index in [1.807, 2.05) is 12.1 Å². The van der Waals surface area contributed by atoms with Crippen LogP contribution in [0.5, 0.6) is 11.5 Å². The van der Waals surface area contributed by atoms with Crippen LogP contribution >= 0.6 is 0 Å². The third-order valence-corrected chi connectivity index (χ3v) is 9.24. The molecule has 6 rings (SSSR count). The third-order valence-electron chi connectivity index (χ3n) is 7.75. The van der Waals surface area contributed by atoms with E-state index in [4.69, 9.17) is 4.74 Å². The molecule has 0 amide bonds. The van der Waals surface area contributed by atoms with E-state index in [2.05, 4.69) is 14.6 Å². The Morgan fingerprint density at radius 1 is 1.05 bits per heavy atom. The van der Waals surface area contributed by atoms with Crippen molar-refractivity contribution in [3.63, 3.8) is 0 Å². The quantitative estimate of drug-likeness (QED) is 0.293. The topological polar surface area (TPSA) is 138 Å². The van der Waals surface area contributed by atoms with Crippen LogP contribution in [-0.2, 0) is 15.0 Å². The molecule has 0 radical (unpaired) electrons. The first-order valence-electron chi connectivity index (χ1n) is 13.8. The first-order chi connectivity index (χ1) is 21.2. The molecular formula is C30H26F2N6O5S. The Balaban J connectivity index is 1.29. The van der Waals surface area contributed by atoms with Gasteiger partial charge in [-0.2, -0.15) is 18.0 Å². The fourth-order valence-electron chi connectivity index (χ4n) is 5.39. The van der Waals surface area contributed by atoms with Crippen LogP contribution in [0, 0.1) is 23.1 Å². The van der Waals surface area contributed by atoms with Gasteiger partial charge >= 0.3 is 10.2 Å². The minimum absolute atomic E-state index is 0.00310. The summed E-state index contributed by atoms with van der Waals surface area (Å²) in [7, 11) is -4.21. The van der Waals surface area contributed by atoms with Gasteiger partial charge < -0.3 is 14.4 Å². The number of alkyl halides is 1. The van der Waals surface area contributed by atoms with E-state index in [0.29, 0.717) is 17.7 Å². The Morgan fingerprint density at radius 2 is 1.82 bits per heavy atom. The van der Waals surface area contributed by atoms with Gasteiger partial charge in [-0.3, -0.25) is 14.1 Å². The molecular weight excluding hydrogens is 594 g/mol. The van der Waals surface area contributed by atoms with E-state index in [0.717, 1.165) is 41.4 Å². The molecule has 0 saturated carbocycles. The Kier molecular flexibility index (Phi) is 7.74. The second-order valence-corrected chi connectivity index (χ2v) is 12.3. The van der Waals surface area contributed by atoms with Crippen molar-refractivity contribution >= 4 is 38.8 Å². The highest BCUT2D eigenvalue weighted by Gasteiger charge is 2.32. The molecule has 3 heterocycles. The number of anilines is 2. The zero-order valence-electron chi connectivity index (χ0n) is 23.2. The SMILES string of the molecule is N#Cc1c(NS(=O)(=O)N2CC[C@@H](F)C2)ccc(F)c1Oc1ccc2ncn(-c3ccc(N4CCC(C=O)C4)cc3)c(=O)c2c1. The van der Waals surface area contributed by atoms with Crippen LogP contribution in [0.25, 0.3) is 16.6 Å². The summed E-state index contributed by atoms with van der Waals surface area (Å²) in [6.45, 7) is 1.05. The highest BCUT2D eigenvalue weighted by molar-refractivity contribution is 7.90. The number of fused-ring (bicyclic) bond motifs is 1. The van der Waals surface area contributed by atoms with E-state index in [-0.39, 0.29) is 42.3 Å². The summed E-state index contributed by atoms with van der Waals surface area (Å²) in [6.07, 6.45) is 1.91. The maximum absolute atomic E-state index is 14.9. The number of rotatable bonds is 8. The average molecular weight is 621 g/mol. The zero-order chi connectivity index (χ0) is 31.0. The first kappa shape index (κ1) is 29.2. The van der Waals surface area contributed by atoms with Crippen molar-refractivity contribution in [3.05, 3.63) is 82.7 Å². The molecule has 4 aromatic rings. The average Bonchev–Trinajstić information content (AvgIpc) is 3.69. The van der Waals surface area contributed by atoms with E-state index in [1.165, 1.54) is 29.1 Å². The Morgan fingerprint density at radius 3 is 2.50 bits per heavy atom. The molecule has 2 saturated heterocycles. The molecule has 11 nitrogen and oxygen atoms in total. The van der Waals surface area contributed by atoms with Crippen molar-refractivity contribution in [1.82, 2.24) is 13.9 Å². The number of ether oxygens (including phenoxy) is 1. The number of hydrogen-bond acceptors (Lipinski definition) is 8. The standard InChI is InChI=1S/C30H26F2N6O5S/c31-20-10-12-37(16-20)44(41,42)35-28-8-6-26(32)29(25(28)14-33)43-23-5-7-27-24(13-23)30(40)38(18-34-27)22-3-1-21(2-4-22)36-11-9-19(15-36)17-39/h1-8,13,17-20,35H,9-12,15-16H2/t19?,20-/m1/s1. The summed E-state index contributed by atoms with van der Waals surface area (Å²) in [6, 6.07) is 15.4. The lowest BCUT2D eigenvalue weighted by Gasteiger charge is -2.19. The monoisotopic (exact) mass is 620 g/mol. The number of carbonyl (C=O) groups excluding carboxylic acids is 1. The number of aldehydes is 1. The van der Waals surface area contributed by atoms with E-state index < -0.39 is 39.1 Å². The number of nitriles is 1. The second kappa shape index (κ2) is 11.7. The summed E-state index contributed by atoms with van der Waals surface area (Å²) in [5, 5.41) is 9.97. The number of hydrogen-bond donors (Lipinski definition) is 1. The van der Waals surface area contributed by atoms with Gasteiger partial charge in [-0.05, 0) is 67.4 Å². The molecule has 1 unspecified atom stereocenters. The Labute approximate surface area is 251 Å². The number of aromatic nitrogens is 2. The van der Waals surface area contributed by atoms with Gasteiger partial charge in [-0.25, -0.2) is 13.8 Å². The molecule has 2 fully saturated rings. The van der Waals surface area contributed by atoms with Crippen LogP contribution in [0.3, 0.4) is 0 Å². The van der Waals surface area contributed by atoms with Crippen LogP contribution < -0.4 is 19.9 Å². The molecule has 0 spiro atoms. The van der Waals surface area contributed by atoms with Crippen molar-refractivity contribution in [2.75, 3.05) is 35.8 Å². The van der Waals surface area contributed by atoms with Crippen LogP contribution in [0.4, 0.5) is 20.2 Å². The molecule has 1 aromatic heterocycles. The maximum Gasteiger partial charge on any atom is 0.301 e. The number of nitrogens with zero attached hydrogens (tertiary/aromatic N) is 5. The lowest BCUT2D eigenvalue weighted by Crippen LogP contribution is -2.34. The molecule has 2 aliphatic heterocycles. The first-order valence-corrected chi connectivity index (χ1v) is 15.3. The summed E-state index contributed by atoms with van der Waals surface area (Å²) >= 11 is 0. The summed E-state index contributed by atoms with van der Waals surface area (Å²) in [4.78, 5) is 31.1. The van der Waals surface area contributed by atoms with Gasteiger partial charge in [0.2, 0.25) is 0 Å². The molecule has 2 aliphatic rings. The highest BCUT2D eigenvalue weighted by atomic mass is 32.2. The highest BCUT2D eigenvalue weighted by Crippen LogP contribution is 2.35. The summed E-state index contributed by atoms with van der Waals surface area (Å²) < 4.78 is 64.3. The number of carbonyl (C=O) groups is 1. The van der Waals surface area contributed by atoms with Crippen LogP contribution in [0.1, 0.15) is 18.4 Å². The van der Waals surface area contributed by atoms with Gasteiger partial charge in [0.05, 0.1) is 22.3 Å². The molecule has 1 N–H and O–H groups in total. The van der Waals surface area contributed by atoms with Crippen molar-refractivity contribution in [1.29, 1.82) is 5.26 Å². The van der Waals surface area contributed by atoms with Gasteiger partial charge in [0.1, 0.15) is 36.2 Å². The van der Waals surface area contributed by atoms with Crippen LogP contribution in [0.15, 0.2) is 65.7 Å². The predicted octanol–water partition coefficient (Wildman–Crippen LogP) is 3.91. The molecule has 0 aliphatic carbocycles. The van der Waals surface area contributed by atoms with E-state index >= 15 is 0 Å². The normalized spacial score (nSPS) is 18.8. The van der Waals surface area contributed by atoms with Crippen LogP contribution in [-0.4, -0.2) is 60.9 Å². The summed E-state index contributed by atoms with van der Waals surface area (Å²) in [5.41, 5.74) is 0.755. The van der Waals surface area contributed by atoms with Gasteiger partial charge in [-0.1, -0.05) is 0 Å². The van der Waals surface area contributed by atoms with Gasteiger partial charge in [0, 0.05) is 37.8 Å². The largest absolute Gasteiger partial charge is 0.453 e. The van der Waals surface area contributed by atoms with E-state index in [9.17, 15) is 32.0 Å². The smallest absolute Gasteiger partial charge is 0.301 e. The molecule has 3 aromatic carbocycles.